The van der Waals surface area contributed by atoms with Crippen molar-refractivity contribution >= 4 is 17.7 Å². The van der Waals surface area contributed by atoms with Gasteiger partial charge in [-0.05, 0) is 86.0 Å². The standard InChI is InChI=1S/C33H49FO5/c1-19(35)39-25-17-24(34)33(8)23(28(25,2)3)10-11-32(7)26(33)22(36)16-20-21-18-30(5,27(37)38-9)13-12-29(21,4)14-15-31(20,32)6/h16,21,23-26H,10-15,17-18H2,1-9H3/t21-,23-,24-,25-,26-,29+,30-,31+,32+,33+/m0/s1. The molecule has 0 aliphatic heterocycles. The summed E-state index contributed by atoms with van der Waals surface area (Å²) in [5, 5.41) is 0. The number of alkyl halides is 1. The fraction of sp³-hybridized carbons (Fsp3) is 0.848. The van der Waals surface area contributed by atoms with Crippen LogP contribution in [0.2, 0.25) is 0 Å². The molecule has 0 aromatic rings. The van der Waals surface area contributed by atoms with Crippen LogP contribution in [-0.4, -0.2) is 37.1 Å². The Morgan fingerprint density at radius 3 is 2.23 bits per heavy atom. The lowest BCUT2D eigenvalue weighted by atomic mass is 9.33. The van der Waals surface area contributed by atoms with Crippen molar-refractivity contribution < 1.29 is 28.2 Å². The smallest absolute Gasteiger partial charge is 0.311 e. The van der Waals surface area contributed by atoms with E-state index in [0.717, 1.165) is 38.5 Å². The molecule has 0 saturated heterocycles. The summed E-state index contributed by atoms with van der Waals surface area (Å²) in [6.07, 6.45) is 6.36. The van der Waals surface area contributed by atoms with Crippen molar-refractivity contribution in [1.82, 2.24) is 0 Å². The molecule has 0 radical (unpaired) electrons. The van der Waals surface area contributed by atoms with Crippen molar-refractivity contribution in [3.05, 3.63) is 11.6 Å². The Balaban J connectivity index is 1.60. The van der Waals surface area contributed by atoms with Crippen LogP contribution in [0.3, 0.4) is 0 Å². The van der Waals surface area contributed by atoms with Crippen LogP contribution >= 0.6 is 0 Å². The molecule has 218 valence electrons. The molecule has 4 saturated carbocycles. The summed E-state index contributed by atoms with van der Waals surface area (Å²) in [4.78, 5) is 39.2. The highest BCUT2D eigenvalue weighted by molar-refractivity contribution is 5.96. The summed E-state index contributed by atoms with van der Waals surface area (Å²) in [6.45, 7) is 16.5. The number of ether oxygens (including phenoxy) is 2. The second kappa shape index (κ2) is 8.64. The largest absolute Gasteiger partial charge is 0.469 e. The van der Waals surface area contributed by atoms with Crippen LogP contribution in [0.5, 0.6) is 0 Å². The molecule has 5 nitrogen and oxygen atoms in total. The Bertz CT molecular complexity index is 1130. The monoisotopic (exact) mass is 544 g/mol. The maximum Gasteiger partial charge on any atom is 0.311 e. The van der Waals surface area contributed by atoms with Gasteiger partial charge in [0.1, 0.15) is 12.3 Å². The number of carbonyl (C=O) groups is 3. The fourth-order valence-corrected chi connectivity index (χ4v) is 10.9. The van der Waals surface area contributed by atoms with Crippen LogP contribution in [0.15, 0.2) is 11.6 Å². The van der Waals surface area contributed by atoms with E-state index in [1.54, 1.807) is 0 Å². The number of carbonyl (C=O) groups excluding carboxylic acids is 3. The zero-order chi connectivity index (χ0) is 29.0. The molecule has 0 aromatic carbocycles. The molecule has 6 heteroatoms. The quantitative estimate of drug-likeness (QED) is 0.350. The fourth-order valence-electron chi connectivity index (χ4n) is 10.9. The third-order valence-corrected chi connectivity index (χ3v) is 13.6. The summed E-state index contributed by atoms with van der Waals surface area (Å²) in [5.74, 6) is -0.886. The number of ketones is 1. The number of hydrogen-bond donors (Lipinski definition) is 0. The van der Waals surface area contributed by atoms with Crippen LogP contribution < -0.4 is 0 Å². The van der Waals surface area contributed by atoms with Crippen LogP contribution in [0.4, 0.5) is 4.39 Å². The molecular formula is C33H49FO5. The first-order valence-corrected chi connectivity index (χ1v) is 15.1. The summed E-state index contributed by atoms with van der Waals surface area (Å²) in [5.41, 5.74) is -1.26. The number of hydrogen-bond acceptors (Lipinski definition) is 5. The van der Waals surface area contributed by atoms with E-state index in [-0.39, 0.29) is 46.8 Å². The highest BCUT2D eigenvalue weighted by Gasteiger charge is 2.72. The molecule has 5 aliphatic carbocycles. The Morgan fingerprint density at radius 1 is 0.974 bits per heavy atom. The van der Waals surface area contributed by atoms with Gasteiger partial charge in [-0.2, -0.15) is 0 Å². The first-order valence-electron chi connectivity index (χ1n) is 15.1. The molecule has 0 bridgehead atoms. The highest BCUT2D eigenvalue weighted by Crippen LogP contribution is 2.75. The maximum absolute atomic E-state index is 16.6. The maximum atomic E-state index is 16.6. The van der Waals surface area contributed by atoms with E-state index in [0.29, 0.717) is 6.42 Å². The number of rotatable bonds is 2. The molecule has 5 rings (SSSR count). The van der Waals surface area contributed by atoms with Gasteiger partial charge in [-0.15, -0.1) is 0 Å². The molecule has 0 amide bonds. The molecule has 0 N–H and O–H groups in total. The minimum Gasteiger partial charge on any atom is -0.469 e. The van der Waals surface area contributed by atoms with E-state index < -0.39 is 39.9 Å². The first kappa shape index (κ1) is 28.8. The third-order valence-electron chi connectivity index (χ3n) is 13.6. The van der Waals surface area contributed by atoms with Crippen molar-refractivity contribution in [2.45, 2.75) is 119 Å². The summed E-state index contributed by atoms with van der Waals surface area (Å²) in [6, 6.07) is 0. The lowest BCUT2D eigenvalue weighted by molar-refractivity contribution is -0.230. The number of esters is 2. The molecule has 4 fully saturated rings. The van der Waals surface area contributed by atoms with Gasteiger partial charge in [0.25, 0.3) is 0 Å². The van der Waals surface area contributed by atoms with Crippen molar-refractivity contribution in [2.75, 3.05) is 7.11 Å². The average molecular weight is 545 g/mol. The van der Waals surface area contributed by atoms with Gasteiger partial charge in [0.05, 0.1) is 12.5 Å². The van der Waals surface area contributed by atoms with Crippen molar-refractivity contribution in [3.63, 3.8) is 0 Å². The van der Waals surface area contributed by atoms with Crippen molar-refractivity contribution in [3.8, 4) is 0 Å². The highest BCUT2D eigenvalue weighted by atomic mass is 19.1. The Kier molecular flexibility index (Phi) is 6.38. The molecule has 39 heavy (non-hydrogen) atoms. The van der Waals surface area contributed by atoms with Crippen LogP contribution in [-0.2, 0) is 23.9 Å². The molecule has 0 heterocycles. The Labute approximate surface area is 234 Å². The van der Waals surface area contributed by atoms with Crippen LogP contribution in [0.1, 0.15) is 107 Å². The first-order chi connectivity index (χ1) is 17.9. The predicted molar refractivity (Wildman–Crippen MR) is 147 cm³/mol. The average Bonchev–Trinajstić information content (AvgIpc) is 2.84. The third kappa shape index (κ3) is 3.64. The number of methoxy groups -OCH3 is 1. The van der Waals surface area contributed by atoms with Crippen LogP contribution in [0.25, 0.3) is 0 Å². The normalized spacial score (nSPS) is 50.4. The lowest BCUT2D eigenvalue weighted by Gasteiger charge is -2.70. The van der Waals surface area contributed by atoms with E-state index in [4.69, 9.17) is 9.47 Å². The molecule has 5 aliphatic rings. The second-order valence-electron chi connectivity index (χ2n) is 15.7. The van der Waals surface area contributed by atoms with Crippen molar-refractivity contribution in [2.24, 2.45) is 50.2 Å². The van der Waals surface area contributed by atoms with Crippen LogP contribution in [0, 0.1) is 50.2 Å². The van der Waals surface area contributed by atoms with Gasteiger partial charge in [-0.1, -0.05) is 47.1 Å². The van der Waals surface area contributed by atoms with Gasteiger partial charge < -0.3 is 9.47 Å². The minimum atomic E-state index is -1.24. The van der Waals surface area contributed by atoms with Gasteiger partial charge in [0.2, 0.25) is 0 Å². The SMILES string of the molecule is COC(=O)[C@@]1(C)CC[C@]2(C)CC[C@]3(C)C(=CC(=O)[C@@H]4[C@@]5(C)[C@@H](F)C[C@H](OC(C)=O)C(C)(C)[C@@H]5CC[C@]43C)[C@@H]2C1. The van der Waals surface area contributed by atoms with Gasteiger partial charge in [-0.25, -0.2) is 4.39 Å². The minimum absolute atomic E-state index is 0.0379. The number of halogens is 1. The zero-order valence-electron chi connectivity index (χ0n) is 25.5. The van der Waals surface area contributed by atoms with E-state index >= 15 is 4.39 Å². The van der Waals surface area contributed by atoms with Gasteiger partial charge >= 0.3 is 11.9 Å². The van der Waals surface area contributed by atoms with E-state index in [9.17, 15) is 14.4 Å². The molecule has 10 atom stereocenters. The summed E-state index contributed by atoms with van der Waals surface area (Å²) in [7, 11) is 1.46. The van der Waals surface area contributed by atoms with Gasteiger partial charge in [0, 0.05) is 30.1 Å². The molecule has 0 spiro atoms. The topological polar surface area (TPSA) is 69.7 Å². The van der Waals surface area contributed by atoms with E-state index in [1.807, 2.05) is 19.9 Å². The zero-order valence-corrected chi connectivity index (χ0v) is 25.5. The Morgan fingerprint density at radius 2 is 1.62 bits per heavy atom. The molecule has 0 unspecified atom stereocenters. The van der Waals surface area contributed by atoms with E-state index in [2.05, 4.69) is 34.6 Å². The molecule has 0 aromatic heterocycles. The Hall–Kier alpha value is -1.72. The van der Waals surface area contributed by atoms with Gasteiger partial charge in [0.15, 0.2) is 5.78 Å². The summed E-state index contributed by atoms with van der Waals surface area (Å²) < 4.78 is 27.5. The number of allylic oxidation sites excluding steroid dienone is 2. The van der Waals surface area contributed by atoms with Gasteiger partial charge in [-0.3, -0.25) is 14.4 Å². The number of fused-ring (bicyclic) bond motifs is 7. The van der Waals surface area contributed by atoms with Crippen molar-refractivity contribution in [1.29, 1.82) is 0 Å². The summed E-state index contributed by atoms with van der Waals surface area (Å²) >= 11 is 0. The van der Waals surface area contributed by atoms with E-state index in [1.165, 1.54) is 19.6 Å². The molecular weight excluding hydrogens is 495 g/mol. The second-order valence-corrected chi connectivity index (χ2v) is 15.7. The lowest BCUT2D eigenvalue weighted by Crippen LogP contribution is -2.69. The predicted octanol–water partition coefficient (Wildman–Crippen LogP) is 7.02.